The first kappa shape index (κ1) is 20.7. The van der Waals surface area contributed by atoms with Crippen LogP contribution in [0.15, 0.2) is 53.9 Å². The summed E-state index contributed by atoms with van der Waals surface area (Å²) >= 11 is 1.72. The SMILES string of the molecule is Cc1cc(C)cc(NC(=O)CN2CCN(Cc3nc(-c4ccccc4)cs3)CC2)c1. The summed E-state index contributed by atoms with van der Waals surface area (Å²) in [5.41, 5.74) is 5.43. The maximum atomic E-state index is 12.4. The van der Waals surface area contributed by atoms with Gasteiger partial charge in [-0.25, -0.2) is 4.98 Å². The molecular weight excluding hydrogens is 392 g/mol. The van der Waals surface area contributed by atoms with Gasteiger partial charge in [-0.2, -0.15) is 0 Å². The number of nitrogens with zero attached hydrogens (tertiary/aromatic N) is 3. The van der Waals surface area contributed by atoms with E-state index in [0.717, 1.165) is 60.2 Å². The van der Waals surface area contributed by atoms with Crippen LogP contribution in [-0.2, 0) is 11.3 Å². The van der Waals surface area contributed by atoms with Gasteiger partial charge in [0.15, 0.2) is 0 Å². The van der Waals surface area contributed by atoms with Crippen LogP contribution in [0.25, 0.3) is 11.3 Å². The predicted molar refractivity (Wildman–Crippen MR) is 124 cm³/mol. The van der Waals surface area contributed by atoms with Crippen LogP contribution >= 0.6 is 11.3 Å². The summed E-state index contributed by atoms with van der Waals surface area (Å²) < 4.78 is 0. The lowest BCUT2D eigenvalue weighted by Gasteiger charge is -2.33. The van der Waals surface area contributed by atoms with E-state index >= 15 is 0 Å². The van der Waals surface area contributed by atoms with Crippen LogP contribution < -0.4 is 5.32 Å². The molecule has 0 aliphatic carbocycles. The highest BCUT2D eigenvalue weighted by Crippen LogP contribution is 2.22. The average molecular weight is 421 g/mol. The predicted octanol–water partition coefficient (Wildman–Crippen LogP) is 4.18. The number of hydrogen-bond acceptors (Lipinski definition) is 5. The quantitative estimate of drug-likeness (QED) is 0.650. The Morgan fingerprint density at radius 1 is 1.00 bits per heavy atom. The molecule has 1 aliphatic heterocycles. The molecule has 1 fully saturated rings. The molecule has 0 unspecified atom stereocenters. The molecule has 1 saturated heterocycles. The van der Waals surface area contributed by atoms with E-state index in [2.05, 4.69) is 38.7 Å². The standard InChI is InChI=1S/C24H28N4OS/c1-18-12-19(2)14-21(13-18)25-23(29)15-27-8-10-28(11-9-27)16-24-26-22(17-30-24)20-6-4-3-5-7-20/h3-7,12-14,17H,8-11,15-16H2,1-2H3,(H,25,29). The molecule has 1 aromatic heterocycles. The normalized spacial score (nSPS) is 15.3. The number of hydrogen-bond donors (Lipinski definition) is 1. The van der Waals surface area contributed by atoms with E-state index in [1.165, 1.54) is 5.56 Å². The van der Waals surface area contributed by atoms with Crippen molar-refractivity contribution in [2.45, 2.75) is 20.4 Å². The van der Waals surface area contributed by atoms with Gasteiger partial charge in [0.1, 0.15) is 5.01 Å². The van der Waals surface area contributed by atoms with Crippen molar-refractivity contribution in [3.63, 3.8) is 0 Å². The smallest absolute Gasteiger partial charge is 0.238 e. The summed E-state index contributed by atoms with van der Waals surface area (Å²) in [7, 11) is 0. The van der Waals surface area contributed by atoms with Gasteiger partial charge in [-0.15, -0.1) is 11.3 Å². The van der Waals surface area contributed by atoms with Gasteiger partial charge in [0.05, 0.1) is 18.8 Å². The van der Waals surface area contributed by atoms with E-state index in [1.54, 1.807) is 11.3 Å². The van der Waals surface area contributed by atoms with Gasteiger partial charge >= 0.3 is 0 Å². The molecule has 3 aromatic rings. The molecular formula is C24H28N4OS. The van der Waals surface area contributed by atoms with Gasteiger partial charge in [-0.1, -0.05) is 36.4 Å². The molecule has 4 rings (SSSR count). The van der Waals surface area contributed by atoms with Gasteiger partial charge in [0.25, 0.3) is 0 Å². The number of aryl methyl sites for hydroxylation is 2. The third kappa shape index (κ3) is 5.53. The summed E-state index contributed by atoms with van der Waals surface area (Å²) in [6, 6.07) is 16.5. The molecule has 1 amide bonds. The van der Waals surface area contributed by atoms with E-state index in [-0.39, 0.29) is 5.91 Å². The Morgan fingerprint density at radius 3 is 2.37 bits per heavy atom. The number of benzene rings is 2. The summed E-state index contributed by atoms with van der Waals surface area (Å²) in [5, 5.41) is 6.32. The van der Waals surface area contributed by atoms with Crippen molar-refractivity contribution in [1.82, 2.24) is 14.8 Å². The number of carbonyl (C=O) groups is 1. The Hall–Kier alpha value is -2.54. The zero-order chi connectivity index (χ0) is 20.9. The molecule has 2 aromatic carbocycles. The Kier molecular flexibility index (Phi) is 6.57. The highest BCUT2D eigenvalue weighted by atomic mass is 32.1. The fourth-order valence-corrected chi connectivity index (χ4v) is 4.72. The summed E-state index contributed by atoms with van der Waals surface area (Å²) in [5.74, 6) is 0.0564. The molecule has 0 spiro atoms. The Balaban J connectivity index is 1.24. The molecule has 156 valence electrons. The van der Waals surface area contributed by atoms with Crippen LogP contribution in [0.3, 0.4) is 0 Å². The van der Waals surface area contributed by atoms with Crippen molar-refractivity contribution < 1.29 is 4.79 Å². The number of nitrogens with one attached hydrogen (secondary N) is 1. The second-order valence-corrected chi connectivity index (χ2v) is 8.91. The summed E-state index contributed by atoms with van der Waals surface area (Å²) in [6.07, 6.45) is 0. The maximum Gasteiger partial charge on any atom is 0.238 e. The molecule has 30 heavy (non-hydrogen) atoms. The molecule has 6 heteroatoms. The number of carbonyl (C=O) groups excluding carboxylic acids is 1. The largest absolute Gasteiger partial charge is 0.325 e. The highest BCUT2D eigenvalue weighted by Gasteiger charge is 2.20. The first-order valence-electron chi connectivity index (χ1n) is 10.4. The van der Waals surface area contributed by atoms with Crippen molar-refractivity contribution in [2.75, 3.05) is 38.0 Å². The van der Waals surface area contributed by atoms with Crippen LogP contribution in [0.1, 0.15) is 16.1 Å². The molecule has 0 atom stereocenters. The first-order chi connectivity index (χ1) is 14.5. The number of thiazole rings is 1. The first-order valence-corrected chi connectivity index (χ1v) is 11.3. The van der Waals surface area contributed by atoms with Gasteiger partial charge in [-0.3, -0.25) is 14.6 Å². The molecule has 0 bridgehead atoms. The van der Waals surface area contributed by atoms with Crippen LogP contribution in [0.5, 0.6) is 0 Å². The van der Waals surface area contributed by atoms with E-state index in [0.29, 0.717) is 6.54 Å². The van der Waals surface area contributed by atoms with Crippen molar-refractivity contribution in [1.29, 1.82) is 0 Å². The van der Waals surface area contributed by atoms with Gasteiger partial charge < -0.3 is 5.32 Å². The molecule has 5 nitrogen and oxygen atoms in total. The highest BCUT2D eigenvalue weighted by molar-refractivity contribution is 7.09. The minimum absolute atomic E-state index is 0.0564. The number of amides is 1. The number of rotatable bonds is 6. The minimum atomic E-state index is 0.0564. The Morgan fingerprint density at radius 2 is 1.67 bits per heavy atom. The minimum Gasteiger partial charge on any atom is -0.325 e. The van der Waals surface area contributed by atoms with Gasteiger partial charge in [-0.05, 0) is 37.1 Å². The molecule has 1 aliphatic rings. The zero-order valence-electron chi connectivity index (χ0n) is 17.6. The second kappa shape index (κ2) is 9.51. The maximum absolute atomic E-state index is 12.4. The number of piperazine rings is 1. The third-order valence-corrected chi connectivity index (χ3v) is 6.15. The second-order valence-electron chi connectivity index (χ2n) is 7.97. The van der Waals surface area contributed by atoms with Crippen molar-refractivity contribution in [2.24, 2.45) is 0 Å². The summed E-state index contributed by atoms with van der Waals surface area (Å²) in [6.45, 7) is 9.12. The number of anilines is 1. The van der Waals surface area contributed by atoms with Crippen LogP contribution in [0.2, 0.25) is 0 Å². The van der Waals surface area contributed by atoms with E-state index in [4.69, 9.17) is 4.98 Å². The lowest BCUT2D eigenvalue weighted by atomic mass is 10.1. The average Bonchev–Trinajstić information content (AvgIpc) is 3.18. The van der Waals surface area contributed by atoms with Crippen molar-refractivity contribution >= 4 is 22.9 Å². The molecule has 0 saturated carbocycles. The zero-order valence-corrected chi connectivity index (χ0v) is 18.4. The molecule has 2 heterocycles. The van der Waals surface area contributed by atoms with E-state index < -0.39 is 0 Å². The monoisotopic (exact) mass is 420 g/mol. The van der Waals surface area contributed by atoms with Crippen molar-refractivity contribution in [3.05, 3.63) is 70.0 Å². The van der Waals surface area contributed by atoms with Crippen LogP contribution in [0, 0.1) is 13.8 Å². The fourth-order valence-electron chi connectivity index (χ4n) is 3.87. The topological polar surface area (TPSA) is 48.5 Å². The van der Waals surface area contributed by atoms with Gasteiger partial charge in [0, 0.05) is 42.8 Å². The number of aromatic nitrogens is 1. The Labute approximate surface area is 182 Å². The lowest BCUT2D eigenvalue weighted by Crippen LogP contribution is -2.48. The van der Waals surface area contributed by atoms with E-state index in [1.807, 2.05) is 44.2 Å². The lowest BCUT2D eigenvalue weighted by molar-refractivity contribution is -0.117. The molecule has 1 N–H and O–H groups in total. The van der Waals surface area contributed by atoms with E-state index in [9.17, 15) is 4.79 Å². The third-order valence-electron chi connectivity index (χ3n) is 5.32. The van der Waals surface area contributed by atoms with Crippen molar-refractivity contribution in [3.8, 4) is 11.3 Å². The molecule has 0 radical (unpaired) electrons. The van der Waals surface area contributed by atoms with Crippen LogP contribution in [-0.4, -0.2) is 53.4 Å². The van der Waals surface area contributed by atoms with Crippen LogP contribution in [0.4, 0.5) is 5.69 Å². The van der Waals surface area contributed by atoms with Gasteiger partial charge in [0.2, 0.25) is 5.91 Å². The Bertz CT molecular complexity index is 973. The fraction of sp³-hybridized carbons (Fsp3) is 0.333. The summed E-state index contributed by atoms with van der Waals surface area (Å²) in [4.78, 5) is 21.9.